The Labute approximate surface area is 201 Å². The summed E-state index contributed by atoms with van der Waals surface area (Å²) in [6, 6.07) is 15.0. The predicted molar refractivity (Wildman–Crippen MR) is 127 cm³/mol. The summed E-state index contributed by atoms with van der Waals surface area (Å²) in [5.41, 5.74) is 0.785. The number of amides is 1. The van der Waals surface area contributed by atoms with Crippen LogP contribution in [0, 0.1) is 0 Å². The molecule has 0 bridgehead atoms. The Morgan fingerprint density at radius 2 is 1.52 bits per heavy atom. The lowest BCUT2D eigenvalue weighted by Crippen LogP contribution is -2.20. The van der Waals surface area contributed by atoms with Crippen molar-refractivity contribution in [3.63, 3.8) is 0 Å². The van der Waals surface area contributed by atoms with Gasteiger partial charge in [-0.25, -0.2) is 8.42 Å². The number of methoxy groups -OCH3 is 2. The van der Waals surface area contributed by atoms with Gasteiger partial charge in [-0.15, -0.1) is 0 Å². The number of anilines is 2. The zero-order valence-electron chi connectivity index (χ0n) is 17.6. The number of hydrogen-bond donors (Lipinski definition) is 2. The number of rotatable bonds is 9. The molecule has 0 aliphatic carbocycles. The highest BCUT2D eigenvalue weighted by molar-refractivity contribution is 7.92. The molecule has 0 atom stereocenters. The van der Waals surface area contributed by atoms with E-state index in [-0.39, 0.29) is 22.2 Å². The maximum atomic E-state index is 12.6. The highest BCUT2D eigenvalue weighted by atomic mass is 35.5. The topological polar surface area (TPSA) is 103 Å². The maximum absolute atomic E-state index is 12.6. The minimum absolute atomic E-state index is 0.00991. The van der Waals surface area contributed by atoms with E-state index in [2.05, 4.69) is 10.0 Å². The average Bonchev–Trinajstić information content (AvgIpc) is 2.80. The van der Waals surface area contributed by atoms with E-state index in [9.17, 15) is 13.2 Å². The Hall–Kier alpha value is -3.14. The first-order valence-electron chi connectivity index (χ1n) is 9.44. The van der Waals surface area contributed by atoms with Gasteiger partial charge in [0.2, 0.25) is 0 Å². The second-order valence-electron chi connectivity index (χ2n) is 6.61. The average molecular weight is 511 g/mol. The van der Waals surface area contributed by atoms with Crippen molar-refractivity contribution >= 4 is 50.5 Å². The minimum Gasteiger partial charge on any atom is -0.493 e. The van der Waals surface area contributed by atoms with Gasteiger partial charge >= 0.3 is 0 Å². The van der Waals surface area contributed by atoms with E-state index in [0.29, 0.717) is 28.0 Å². The van der Waals surface area contributed by atoms with E-state index < -0.39 is 15.9 Å². The number of halogens is 2. The molecule has 11 heteroatoms. The summed E-state index contributed by atoms with van der Waals surface area (Å²) in [4.78, 5) is 12.2. The van der Waals surface area contributed by atoms with Gasteiger partial charge in [0.05, 0.1) is 34.8 Å². The van der Waals surface area contributed by atoms with Crippen LogP contribution in [-0.2, 0) is 14.8 Å². The molecule has 0 aromatic heterocycles. The van der Waals surface area contributed by atoms with E-state index in [4.69, 9.17) is 37.4 Å². The molecule has 0 unspecified atom stereocenters. The van der Waals surface area contributed by atoms with E-state index in [1.54, 1.807) is 18.2 Å². The molecule has 0 aliphatic heterocycles. The second-order valence-corrected chi connectivity index (χ2v) is 9.11. The van der Waals surface area contributed by atoms with Crippen molar-refractivity contribution < 1.29 is 27.4 Å². The van der Waals surface area contributed by atoms with Gasteiger partial charge in [0.25, 0.3) is 15.9 Å². The van der Waals surface area contributed by atoms with Crippen molar-refractivity contribution in [1.29, 1.82) is 0 Å². The van der Waals surface area contributed by atoms with Crippen LogP contribution >= 0.6 is 23.2 Å². The van der Waals surface area contributed by atoms with Crippen LogP contribution in [0.3, 0.4) is 0 Å². The smallest absolute Gasteiger partial charge is 0.262 e. The third-order valence-corrected chi connectivity index (χ3v) is 6.48. The zero-order valence-corrected chi connectivity index (χ0v) is 19.9. The largest absolute Gasteiger partial charge is 0.493 e. The molecule has 0 aliphatic rings. The number of hydrogen-bond acceptors (Lipinski definition) is 6. The van der Waals surface area contributed by atoms with Crippen molar-refractivity contribution in [1.82, 2.24) is 0 Å². The summed E-state index contributed by atoms with van der Waals surface area (Å²) in [5.74, 6) is 0.934. The Morgan fingerprint density at radius 1 is 0.848 bits per heavy atom. The summed E-state index contributed by atoms with van der Waals surface area (Å²) in [6.07, 6.45) is 0. The molecule has 1 amide bonds. The molecular formula is C22H20Cl2N2O6S. The number of carbonyl (C=O) groups excluding carboxylic acids is 1. The summed E-state index contributed by atoms with van der Waals surface area (Å²) in [5, 5.41) is 3.23. The number of benzene rings is 3. The van der Waals surface area contributed by atoms with Crippen molar-refractivity contribution in [2.45, 2.75) is 4.90 Å². The van der Waals surface area contributed by atoms with Crippen LogP contribution in [0.4, 0.5) is 11.4 Å². The van der Waals surface area contributed by atoms with Crippen molar-refractivity contribution in [3.05, 3.63) is 70.7 Å². The summed E-state index contributed by atoms with van der Waals surface area (Å²) in [6.45, 7) is -0.276. The second kappa shape index (κ2) is 10.7. The highest BCUT2D eigenvalue weighted by Gasteiger charge is 2.15. The van der Waals surface area contributed by atoms with E-state index >= 15 is 0 Å². The van der Waals surface area contributed by atoms with Crippen LogP contribution in [0.2, 0.25) is 10.0 Å². The van der Waals surface area contributed by atoms with Gasteiger partial charge in [0.1, 0.15) is 5.75 Å². The van der Waals surface area contributed by atoms with Gasteiger partial charge < -0.3 is 19.5 Å². The van der Waals surface area contributed by atoms with Crippen LogP contribution in [-0.4, -0.2) is 35.2 Å². The van der Waals surface area contributed by atoms with Crippen molar-refractivity contribution in [3.8, 4) is 17.2 Å². The molecule has 0 saturated carbocycles. The standard InChI is InChI=1S/C22H20Cl2N2O6S/c1-30-20-10-4-14(12-21(20)31-2)25-22(27)13-32-16-5-7-17(8-6-16)33(28,29)26-15-3-9-18(23)19(24)11-15/h3-12,26H,13H2,1-2H3,(H,25,27). The molecule has 2 N–H and O–H groups in total. The summed E-state index contributed by atoms with van der Waals surface area (Å²) >= 11 is 11.8. The third kappa shape index (κ3) is 6.44. The Morgan fingerprint density at radius 3 is 2.15 bits per heavy atom. The monoisotopic (exact) mass is 510 g/mol. The third-order valence-electron chi connectivity index (χ3n) is 4.34. The lowest BCUT2D eigenvalue weighted by Gasteiger charge is -2.12. The fourth-order valence-electron chi connectivity index (χ4n) is 2.75. The maximum Gasteiger partial charge on any atom is 0.262 e. The fraction of sp³-hybridized carbons (Fsp3) is 0.136. The van der Waals surface area contributed by atoms with Gasteiger partial charge in [-0.1, -0.05) is 23.2 Å². The quantitative estimate of drug-likeness (QED) is 0.427. The summed E-state index contributed by atoms with van der Waals surface area (Å²) < 4.78 is 43.4. The Kier molecular flexibility index (Phi) is 7.91. The first kappa shape index (κ1) is 24.5. The van der Waals surface area contributed by atoms with Crippen molar-refractivity contribution in [2.24, 2.45) is 0 Å². The van der Waals surface area contributed by atoms with Gasteiger partial charge in [-0.3, -0.25) is 9.52 Å². The molecule has 0 fully saturated rings. The molecule has 3 aromatic rings. The molecule has 3 rings (SSSR count). The lowest BCUT2D eigenvalue weighted by atomic mass is 10.2. The van der Waals surface area contributed by atoms with E-state index in [1.165, 1.54) is 56.7 Å². The van der Waals surface area contributed by atoms with Crippen LogP contribution in [0.15, 0.2) is 65.6 Å². The molecule has 0 heterocycles. The molecule has 0 saturated heterocycles. The SMILES string of the molecule is COc1ccc(NC(=O)COc2ccc(S(=O)(=O)Nc3ccc(Cl)c(Cl)c3)cc2)cc1OC. The normalized spacial score (nSPS) is 10.9. The van der Waals surface area contributed by atoms with Crippen LogP contribution in [0.25, 0.3) is 0 Å². The first-order valence-corrected chi connectivity index (χ1v) is 11.7. The number of nitrogens with one attached hydrogen (secondary N) is 2. The molecule has 33 heavy (non-hydrogen) atoms. The Bertz CT molecular complexity index is 1250. The van der Waals surface area contributed by atoms with E-state index in [1.807, 2.05) is 0 Å². The number of carbonyl (C=O) groups is 1. The first-order chi connectivity index (χ1) is 15.7. The molecule has 3 aromatic carbocycles. The zero-order chi connectivity index (χ0) is 24.0. The van der Waals surface area contributed by atoms with Gasteiger partial charge in [-0.2, -0.15) is 0 Å². The number of ether oxygens (including phenoxy) is 3. The minimum atomic E-state index is -3.85. The molecule has 0 spiro atoms. The molecule has 8 nitrogen and oxygen atoms in total. The molecule has 0 radical (unpaired) electrons. The van der Waals surface area contributed by atoms with Gasteiger partial charge in [-0.05, 0) is 54.6 Å². The molecule has 174 valence electrons. The molecular weight excluding hydrogens is 491 g/mol. The Balaban J connectivity index is 1.58. The number of sulfonamides is 1. The summed E-state index contributed by atoms with van der Waals surface area (Å²) in [7, 11) is -0.838. The van der Waals surface area contributed by atoms with E-state index in [0.717, 1.165) is 0 Å². The fourth-order valence-corrected chi connectivity index (χ4v) is 4.10. The van der Waals surface area contributed by atoms with Crippen LogP contribution in [0.5, 0.6) is 17.2 Å². The van der Waals surface area contributed by atoms with Gasteiger partial charge in [0.15, 0.2) is 18.1 Å². The van der Waals surface area contributed by atoms with Gasteiger partial charge in [0, 0.05) is 11.8 Å². The lowest BCUT2D eigenvalue weighted by molar-refractivity contribution is -0.118. The highest BCUT2D eigenvalue weighted by Crippen LogP contribution is 2.30. The predicted octanol–water partition coefficient (Wildman–Crippen LogP) is 4.83. The van der Waals surface area contributed by atoms with Crippen LogP contribution < -0.4 is 24.2 Å². The van der Waals surface area contributed by atoms with Crippen LogP contribution in [0.1, 0.15) is 0 Å². The van der Waals surface area contributed by atoms with Crippen molar-refractivity contribution in [2.75, 3.05) is 30.9 Å².